The van der Waals surface area contributed by atoms with E-state index in [1.807, 2.05) is 91.0 Å². The summed E-state index contributed by atoms with van der Waals surface area (Å²) < 4.78 is 4.94. The van der Waals surface area contributed by atoms with E-state index in [1.165, 1.54) is 7.11 Å². The highest BCUT2D eigenvalue weighted by molar-refractivity contribution is 5.98. The molecule has 0 aromatic heterocycles. The number of methoxy groups -OCH3 is 1. The molecule has 32 heavy (non-hydrogen) atoms. The molecule has 0 aliphatic carbocycles. The van der Waals surface area contributed by atoms with E-state index in [1.54, 1.807) is 0 Å². The number of amides is 1. The van der Waals surface area contributed by atoms with E-state index >= 15 is 0 Å². The van der Waals surface area contributed by atoms with Crippen LogP contribution in [0.2, 0.25) is 0 Å². The second-order valence-corrected chi connectivity index (χ2v) is 7.45. The lowest BCUT2D eigenvalue weighted by Gasteiger charge is -2.35. The van der Waals surface area contributed by atoms with E-state index in [-0.39, 0.29) is 5.91 Å². The quantitative estimate of drug-likeness (QED) is 0.313. The molecule has 162 valence electrons. The summed E-state index contributed by atoms with van der Waals surface area (Å²) in [4.78, 5) is 26.6. The van der Waals surface area contributed by atoms with Crippen molar-refractivity contribution in [3.05, 3.63) is 108 Å². The fourth-order valence-electron chi connectivity index (χ4n) is 4.00. The standard InChI is InChI=1S/C27H26N2O3/c1-32-25(30)24(19-11-12-20-28)29-26(31)27(21-13-5-2-6-14-21,22-15-7-3-8-16-22)23-17-9-4-10-18-23/h2-10,13-18,24H,11-12,19H2,1H3,(H,29,31)/t24-/m1/s1. The number of esters is 1. The van der Waals surface area contributed by atoms with Gasteiger partial charge in [0.2, 0.25) is 5.91 Å². The summed E-state index contributed by atoms with van der Waals surface area (Å²) in [6.07, 6.45) is 1.09. The summed E-state index contributed by atoms with van der Waals surface area (Å²) >= 11 is 0. The SMILES string of the molecule is COC(=O)[C@@H](CCCC#N)NC(=O)C(c1ccccc1)(c1ccccc1)c1ccccc1. The molecule has 0 saturated carbocycles. The van der Waals surface area contributed by atoms with Gasteiger partial charge in [-0.05, 0) is 29.5 Å². The Morgan fingerprint density at radius 2 is 1.31 bits per heavy atom. The van der Waals surface area contributed by atoms with Gasteiger partial charge in [0, 0.05) is 6.42 Å². The normalized spacial score (nSPS) is 11.8. The number of rotatable bonds is 9. The van der Waals surface area contributed by atoms with Crippen molar-refractivity contribution >= 4 is 11.9 Å². The summed E-state index contributed by atoms with van der Waals surface area (Å²) in [5.74, 6) is -0.854. The zero-order chi connectivity index (χ0) is 22.8. The molecule has 0 unspecified atom stereocenters. The molecule has 5 heteroatoms. The number of hydrogen-bond acceptors (Lipinski definition) is 4. The maximum atomic E-state index is 14.1. The summed E-state index contributed by atoms with van der Waals surface area (Å²) in [6, 6.07) is 29.8. The molecular formula is C27H26N2O3. The van der Waals surface area contributed by atoms with Crippen LogP contribution in [0.1, 0.15) is 36.0 Å². The van der Waals surface area contributed by atoms with Gasteiger partial charge in [-0.25, -0.2) is 4.79 Å². The van der Waals surface area contributed by atoms with E-state index in [4.69, 9.17) is 10.00 Å². The van der Waals surface area contributed by atoms with Crippen molar-refractivity contribution < 1.29 is 14.3 Å². The summed E-state index contributed by atoms with van der Waals surface area (Å²) in [5, 5.41) is 11.8. The zero-order valence-electron chi connectivity index (χ0n) is 18.0. The van der Waals surface area contributed by atoms with E-state index in [2.05, 4.69) is 11.4 Å². The second-order valence-electron chi connectivity index (χ2n) is 7.45. The number of benzene rings is 3. The van der Waals surface area contributed by atoms with Crippen LogP contribution in [0.4, 0.5) is 0 Å². The van der Waals surface area contributed by atoms with Crippen LogP contribution >= 0.6 is 0 Å². The largest absolute Gasteiger partial charge is 0.467 e. The molecule has 3 aromatic rings. The monoisotopic (exact) mass is 426 g/mol. The van der Waals surface area contributed by atoms with Crippen molar-refractivity contribution in [1.82, 2.24) is 5.32 Å². The minimum Gasteiger partial charge on any atom is -0.467 e. The van der Waals surface area contributed by atoms with Crippen molar-refractivity contribution in [2.75, 3.05) is 7.11 Å². The van der Waals surface area contributed by atoms with E-state index in [0.717, 1.165) is 16.7 Å². The summed E-state index contributed by atoms with van der Waals surface area (Å²) in [7, 11) is 1.30. The van der Waals surface area contributed by atoms with E-state index in [0.29, 0.717) is 19.3 Å². The third-order valence-electron chi connectivity index (χ3n) is 5.53. The first kappa shape index (κ1) is 22.8. The number of carbonyl (C=O) groups is 2. The fourth-order valence-corrected chi connectivity index (χ4v) is 4.00. The minimum atomic E-state index is -1.18. The molecule has 0 radical (unpaired) electrons. The average Bonchev–Trinajstić information content (AvgIpc) is 2.85. The number of unbranched alkanes of at least 4 members (excludes halogenated alkanes) is 1. The van der Waals surface area contributed by atoms with Gasteiger partial charge >= 0.3 is 5.97 Å². The third-order valence-corrected chi connectivity index (χ3v) is 5.53. The molecule has 0 heterocycles. The van der Waals surface area contributed by atoms with Gasteiger partial charge in [0.1, 0.15) is 11.5 Å². The molecule has 0 aliphatic rings. The molecule has 0 saturated heterocycles. The van der Waals surface area contributed by atoms with Gasteiger partial charge in [-0.3, -0.25) is 4.79 Å². The zero-order valence-corrected chi connectivity index (χ0v) is 18.0. The van der Waals surface area contributed by atoms with Crippen LogP contribution in [0, 0.1) is 11.3 Å². The fraction of sp³-hybridized carbons (Fsp3) is 0.222. The van der Waals surface area contributed by atoms with Crippen molar-refractivity contribution in [3.8, 4) is 6.07 Å². The van der Waals surface area contributed by atoms with Gasteiger partial charge in [-0.1, -0.05) is 91.0 Å². The van der Waals surface area contributed by atoms with Crippen LogP contribution in [0.3, 0.4) is 0 Å². The van der Waals surface area contributed by atoms with Gasteiger partial charge in [0.15, 0.2) is 0 Å². The van der Waals surface area contributed by atoms with Gasteiger partial charge in [-0.15, -0.1) is 0 Å². The molecule has 0 fully saturated rings. The Morgan fingerprint density at radius 3 is 1.69 bits per heavy atom. The molecule has 0 bridgehead atoms. The second kappa shape index (κ2) is 10.9. The first-order chi connectivity index (χ1) is 15.6. The lowest BCUT2D eigenvalue weighted by atomic mass is 9.68. The van der Waals surface area contributed by atoms with Gasteiger partial charge < -0.3 is 10.1 Å². The number of ether oxygens (including phenoxy) is 1. The topological polar surface area (TPSA) is 79.2 Å². The number of nitrogens with one attached hydrogen (secondary N) is 1. The molecule has 0 spiro atoms. The summed E-state index contributed by atoms with van der Waals surface area (Å²) in [5.41, 5.74) is 1.19. The van der Waals surface area contributed by atoms with Gasteiger partial charge in [0.25, 0.3) is 0 Å². The van der Waals surface area contributed by atoms with Crippen LogP contribution in [-0.4, -0.2) is 25.0 Å². The maximum Gasteiger partial charge on any atom is 0.328 e. The number of nitriles is 1. The van der Waals surface area contributed by atoms with Crippen molar-refractivity contribution in [1.29, 1.82) is 5.26 Å². The molecule has 3 rings (SSSR count). The number of nitrogens with zero attached hydrogens (tertiary/aromatic N) is 1. The molecule has 1 amide bonds. The molecule has 1 N–H and O–H groups in total. The molecule has 5 nitrogen and oxygen atoms in total. The Hall–Kier alpha value is -3.91. The van der Waals surface area contributed by atoms with Crippen molar-refractivity contribution in [2.45, 2.75) is 30.7 Å². The predicted molar refractivity (Wildman–Crippen MR) is 123 cm³/mol. The van der Waals surface area contributed by atoms with E-state index < -0.39 is 17.4 Å². The van der Waals surface area contributed by atoms with Crippen LogP contribution in [0.25, 0.3) is 0 Å². The van der Waals surface area contributed by atoms with Gasteiger partial charge in [0.05, 0.1) is 13.2 Å². The van der Waals surface area contributed by atoms with Crippen LogP contribution in [-0.2, 0) is 19.7 Å². The molecule has 1 atom stereocenters. The smallest absolute Gasteiger partial charge is 0.328 e. The highest BCUT2D eigenvalue weighted by Crippen LogP contribution is 2.39. The van der Waals surface area contributed by atoms with Crippen LogP contribution in [0.15, 0.2) is 91.0 Å². The Morgan fingerprint density at radius 1 is 0.875 bits per heavy atom. The highest BCUT2D eigenvalue weighted by Gasteiger charge is 2.45. The maximum absolute atomic E-state index is 14.1. The lowest BCUT2D eigenvalue weighted by molar-refractivity contribution is -0.145. The predicted octanol–water partition coefficient (Wildman–Crippen LogP) is 4.37. The molecule has 3 aromatic carbocycles. The number of carbonyl (C=O) groups excluding carboxylic acids is 2. The van der Waals surface area contributed by atoms with Crippen LogP contribution in [0.5, 0.6) is 0 Å². The van der Waals surface area contributed by atoms with Crippen LogP contribution < -0.4 is 5.32 Å². The molecular weight excluding hydrogens is 400 g/mol. The Bertz CT molecular complexity index is 964. The Labute approximate surface area is 188 Å². The first-order valence-electron chi connectivity index (χ1n) is 10.6. The number of hydrogen-bond donors (Lipinski definition) is 1. The molecule has 0 aliphatic heterocycles. The van der Waals surface area contributed by atoms with Crippen molar-refractivity contribution in [2.24, 2.45) is 0 Å². The average molecular weight is 427 g/mol. The van der Waals surface area contributed by atoms with Crippen molar-refractivity contribution in [3.63, 3.8) is 0 Å². The Balaban J connectivity index is 2.16. The minimum absolute atomic E-state index is 0.296. The van der Waals surface area contributed by atoms with Gasteiger partial charge in [-0.2, -0.15) is 5.26 Å². The first-order valence-corrected chi connectivity index (χ1v) is 10.6. The summed E-state index contributed by atoms with van der Waals surface area (Å²) in [6.45, 7) is 0. The highest BCUT2D eigenvalue weighted by atomic mass is 16.5. The Kier molecular flexibility index (Phi) is 7.77. The third kappa shape index (κ3) is 4.70. The van der Waals surface area contributed by atoms with E-state index in [9.17, 15) is 9.59 Å². The lowest BCUT2D eigenvalue weighted by Crippen LogP contribution is -2.52.